The Hall–Kier alpha value is -3.59. The molecule has 0 aromatic carbocycles. The smallest absolute Gasteiger partial charge is 0.462 e. The Morgan fingerprint density at radius 1 is 0.419 bits per heavy atom. The summed E-state index contributed by atoms with van der Waals surface area (Å²) in [6, 6.07) is 0. The van der Waals surface area contributed by atoms with Crippen LogP contribution in [0.3, 0.4) is 0 Å². The number of ether oxygens (including phenoxy) is 2. The molecule has 0 aromatic heterocycles. The van der Waals surface area contributed by atoms with Crippen molar-refractivity contribution in [3.05, 3.63) is 122 Å². The molecule has 0 heterocycles. The molecule has 0 aromatic rings. The first-order valence-corrected chi connectivity index (χ1v) is 30.8. The molecule has 0 saturated heterocycles. The second-order valence-electron chi connectivity index (χ2n) is 20.3. The monoisotopic (exact) mass is 1050 g/mol. The molecule has 0 saturated carbocycles. The van der Waals surface area contributed by atoms with Crippen molar-refractivity contribution in [1.29, 1.82) is 0 Å². The molecule has 0 radical (unpaired) electrons. The van der Waals surface area contributed by atoms with Gasteiger partial charge in [0.25, 0.3) is 0 Å². The second-order valence-corrected chi connectivity index (χ2v) is 21.7. The van der Waals surface area contributed by atoms with E-state index in [2.05, 4.69) is 135 Å². The van der Waals surface area contributed by atoms with Crippen LogP contribution in [0.2, 0.25) is 0 Å². The molecule has 0 rings (SSSR count). The number of hydrogen-bond donors (Lipinski definition) is 1. The van der Waals surface area contributed by atoms with Gasteiger partial charge in [-0.25, -0.2) is 4.57 Å². The first-order valence-electron chi connectivity index (χ1n) is 29.3. The second kappa shape index (κ2) is 54.2. The molecule has 2 unspecified atom stereocenters. The summed E-state index contributed by atoms with van der Waals surface area (Å²) in [5, 5.41) is 0. The number of carbonyl (C=O) groups excluding carboxylic acids is 2. The Kier molecular flexibility index (Phi) is 51.6. The molecule has 0 aliphatic rings. The number of likely N-dealkylation sites (N-methyl/N-ethyl adjacent to an activating group) is 1. The van der Waals surface area contributed by atoms with Crippen LogP contribution < -0.4 is 0 Å². The van der Waals surface area contributed by atoms with Crippen molar-refractivity contribution in [2.24, 2.45) is 0 Å². The van der Waals surface area contributed by atoms with E-state index in [0.29, 0.717) is 17.4 Å². The molecule has 0 amide bonds. The summed E-state index contributed by atoms with van der Waals surface area (Å²) in [5.41, 5.74) is 0. The van der Waals surface area contributed by atoms with Crippen molar-refractivity contribution < 1.29 is 42.1 Å². The largest absolute Gasteiger partial charge is 0.472 e. The third-order valence-electron chi connectivity index (χ3n) is 12.0. The molecule has 10 heteroatoms. The Morgan fingerprint density at radius 2 is 0.730 bits per heavy atom. The van der Waals surface area contributed by atoms with Crippen LogP contribution >= 0.6 is 7.82 Å². The topological polar surface area (TPSA) is 108 Å². The van der Waals surface area contributed by atoms with Crippen LogP contribution in [0, 0.1) is 0 Å². The minimum atomic E-state index is -4.40. The zero-order valence-electron chi connectivity index (χ0n) is 47.8. The molecule has 0 bridgehead atoms. The lowest BCUT2D eigenvalue weighted by Gasteiger charge is -2.24. The lowest BCUT2D eigenvalue weighted by molar-refractivity contribution is -0.870. The minimum absolute atomic E-state index is 0.0229. The van der Waals surface area contributed by atoms with E-state index in [4.69, 9.17) is 18.5 Å². The van der Waals surface area contributed by atoms with Gasteiger partial charge in [-0.2, -0.15) is 0 Å². The molecular formula is C64H109NO8P+. The number of rotatable bonds is 52. The van der Waals surface area contributed by atoms with Gasteiger partial charge in [0.05, 0.1) is 27.7 Å². The van der Waals surface area contributed by atoms with E-state index in [1.165, 1.54) is 64.2 Å². The van der Waals surface area contributed by atoms with Gasteiger partial charge in [0.15, 0.2) is 6.10 Å². The van der Waals surface area contributed by atoms with Crippen LogP contribution in [-0.2, 0) is 32.7 Å². The fourth-order valence-corrected chi connectivity index (χ4v) is 8.28. The normalized spacial score (nSPS) is 14.2. The van der Waals surface area contributed by atoms with Crippen LogP contribution in [0.25, 0.3) is 0 Å². The van der Waals surface area contributed by atoms with Gasteiger partial charge in [-0.05, 0) is 103 Å². The molecule has 2 atom stereocenters. The van der Waals surface area contributed by atoms with E-state index >= 15 is 0 Å². The lowest BCUT2D eigenvalue weighted by atomic mass is 10.0. The average Bonchev–Trinajstić information content (AvgIpc) is 3.36. The Labute approximate surface area is 454 Å². The molecule has 0 fully saturated rings. The molecule has 74 heavy (non-hydrogen) atoms. The third-order valence-corrected chi connectivity index (χ3v) is 13.0. The first kappa shape index (κ1) is 70.4. The standard InChI is InChI=1S/C64H108NO8P/c1-6-8-10-12-14-16-18-20-22-24-26-28-29-30-31-32-33-34-35-37-39-41-43-45-47-49-51-53-55-57-64(67)73-62(61-72-74(68,69)71-59-58-65(3,4)5)60-70-63(66)56-54-52-50-48-46-44-42-40-38-36-27-25-23-21-19-17-15-13-11-9-7-2/h8-11,14-17,20-23,26-28,30-31,33-34,36,62H,6-7,12-13,18-19,24-25,29,32,35,37-61H2,1-5H3/p+1/b10-8-,11-9-,16-14-,17-15-,22-20-,23-21-,28-26-,31-30-,34-33-,36-27-. The fourth-order valence-electron chi connectivity index (χ4n) is 7.54. The van der Waals surface area contributed by atoms with Gasteiger partial charge in [0.2, 0.25) is 0 Å². The molecule has 0 spiro atoms. The zero-order valence-corrected chi connectivity index (χ0v) is 48.7. The van der Waals surface area contributed by atoms with Crippen LogP contribution in [0.4, 0.5) is 0 Å². The predicted octanol–water partition coefficient (Wildman–Crippen LogP) is 18.4. The summed E-state index contributed by atoms with van der Waals surface area (Å²) in [4.78, 5) is 35.7. The van der Waals surface area contributed by atoms with Crippen molar-refractivity contribution in [2.75, 3.05) is 47.5 Å². The van der Waals surface area contributed by atoms with E-state index < -0.39 is 26.5 Å². The lowest BCUT2D eigenvalue weighted by Crippen LogP contribution is -2.37. The number of quaternary nitrogens is 1. The summed E-state index contributed by atoms with van der Waals surface area (Å²) < 4.78 is 34.6. The van der Waals surface area contributed by atoms with Gasteiger partial charge in [0, 0.05) is 12.8 Å². The fraction of sp³-hybridized carbons (Fsp3) is 0.656. The van der Waals surface area contributed by atoms with E-state index in [1.54, 1.807) is 0 Å². The highest BCUT2D eigenvalue weighted by atomic mass is 31.2. The van der Waals surface area contributed by atoms with Gasteiger partial charge in [-0.15, -0.1) is 0 Å². The number of unbranched alkanes of at least 4 members (excludes halogenated alkanes) is 18. The van der Waals surface area contributed by atoms with Crippen molar-refractivity contribution in [3.63, 3.8) is 0 Å². The van der Waals surface area contributed by atoms with Crippen LogP contribution in [0.15, 0.2) is 122 Å². The Bertz CT molecular complexity index is 1660. The number of hydrogen-bond acceptors (Lipinski definition) is 7. The van der Waals surface area contributed by atoms with Gasteiger partial charge in [0.1, 0.15) is 19.8 Å². The van der Waals surface area contributed by atoms with Crippen molar-refractivity contribution in [1.82, 2.24) is 0 Å². The predicted molar refractivity (Wildman–Crippen MR) is 316 cm³/mol. The maximum absolute atomic E-state index is 12.8. The summed E-state index contributed by atoms with van der Waals surface area (Å²) in [7, 11) is 1.45. The van der Waals surface area contributed by atoms with E-state index in [1.807, 2.05) is 21.1 Å². The number of phosphoric ester groups is 1. The van der Waals surface area contributed by atoms with Gasteiger partial charge in [-0.3, -0.25) is 18.6 Å². The number of allylic oxidation sites excluding steroid dienone is 20. The molecule has 422 valence electrons. The maximum atomic E-state index is 12.8. The Morgan fingerprint density at radius 3 is 1.08 bits per heavy atom. The van der Waals surface area contributed by atoms with E-state index in [0.717, 1.165) is 122 Å². The molecular weight excluding hydrogens is 942 g/mol. The molecule has 0 aliphatic carbocycles. The molecule has 0 aliphatic heterocycles. The highest BCUT2D eigenvalue weighted by molar-refractivity contribution is 7.47. The van der Waals surface area contributed by atoms with E-state index in [9.17, 15) is 19.0 Å². The highest BCUT2D eigenvalue weighted by Gasteiger charge is 2.27. The highest BCUT2D eigenvalue weighted by Crippen LogP contribution is 2.43. The van der Waals surface area contributed by atoms with E-state index in [-0.39, 0.29) is 32.0 Å². The SMILES string of the molecule is CC/C=C\C/C=C\C/C=C\C/C=C\C/C=C\C/C=C\CCCCCCCCCCCCC(=O)OC(COC(=O)CCCCCCCCCC/C=C\C/C=C\C/C=C\C/C=C\CC)COP(=O)(O)OCC[N+](C)(C)C. The summed E-state index contributed by atoms with van der Waals surface area (Å²) >= 11 is 0. The van der Waals surface area contributed by atoms with Gasteiger partial charge < -0.3 is 18.9 Å². The van der Waals surface area contributed by atoms with Gasteiger partial charge >= 0.3 is 19.8 Å². The quantitative estimate of drug-likeness (QED) is 0.0211. The maximum Gasteiger partial charge on any atom is 0.472 e. The molecule has 9 nitrogen and oxygen atoms in total. The summed E-state index contributed by atoms with van der Waals surface area (Å²) in [6.45, 7) is 4.18. The van der Waals surface area contributed by atoms with Crippen LogP contribution in [-0.4, -0.2) is 74.9 Å². The third kappa shape index (κ3) is 57.7. The number of nitrogens with zero attached hydrogens (tertiary/aromatic N) is 1. The Balaban J connectivity index is 4.21. The summed E-state index contributed by atoms with van der Waals surface area (Å²) in [5.74, 6) is -0.818. The van der Waals surface area contributed by atoms with Crippen molar-refractivity contribution in [2.45, 2.75) is 225 Å². The minimum Gasteiger partial charge on any atom is -0.462 e. The number of esters is 2. The van der Waals surface area contributed by atoms with Crippen LogP contribution in [0.5, 0.6) is 0 Å². The molecule has 1 N–H and O–H groups in total. The zero-order chi connectivity index (χ0) is 54.2. The first-order chi connectivity index (χ1) is 36.0. The number of phosphoric acid groups is 1. The van der Waals surface area contributed by atoms with Crippen LogP contribution in [0.1, 0.15) is 219 Å². The number of carbonyl (C=O) groups is 2. The van der Waals surface area contributed by atoms with Crippen molar-refractivity contribution >= 4 is 19.8 Å². The van der Waals surface area contributed by atoms with Crippen molar-refractivity contribution in [3.8, 4) is 0 Å². The average molecular weight is 1050 g/mol. The summed E-state index contributed by atoms with van der Waals surface area (Å²) in [6.07, 6.45) is 76.9. The van der Waals surface area contributed by atoms with Gasteiger partial charge in [-0.1, -0.05) is 225 Å².